The molecule has 0 bridgehead atoms. The van der Waals surface area contributed by atoms with Gasteiger partial charge in [0.15, 0.2) is 5.82 Å². The predicted molar refractivity (Wildman–Crippen MR) is 234 cm³/mol. The number of halogens is 2. The summed E-state index contributed by atoms with van der Waals surface area (Å²) in [6, 6.07) is 12.7. The van der Waals surface area contributed by atoms with Gasteiger partial charge in [-0.25, -0.2) is 13.8 Å². The monoisotopic (exact) mass is 828 g/mol. The minimum Gasteiger partial charge on any atom is -0.368 e. The Balaban J connectivity index is 0.896. The lowest BCUT2D eigenvalue weighted by Gasteiger charge is -2.49. The van der Waals surface area contributed by atoms with Crippen LogP contribution in [0, 0.1) is 6.92 Å². The first kappa shape index (κ1) is 39.4. The number of alkyl halides is 2. The Morgan fingerprint density at radius 1 is 0.951 bits per heavy atom. The molecule has 3 aromatic heterocycles. The third-order valence-corrected chi connectivity index (χ3v) is 14.0. The lowest BCUT2D eigenvalue weighted by molar-refractivity contribution is -0.129. The van der Waals surface area contributed by atoms with Gasteiger partial charge in [0, 0.05) is 124 Å². The maximum absolute atomic E-state index is 15.2. The van der Waals surface area contributed by atoms with Gasteiger partial charge in [0.1, 0.15) is 11.5 Å². The second-order valence-electron chi connectivity index (χ2n) is 17.4. The first-order valence-electron chi connectivity index (χ1n) is 21.9. The van der Waals surface area contributed by atoms with Gasteiger partial charge < -0.3 is 29.3 Å². The molecule has 10 rings (SSSR count). The summed E-state index contributed by atoms with van der Waals surface area (Å²) in [4.78, 5) is 40.4. The molecule has 2 amide bonds. The number of hydrogen-bond acceptors (Lipinski definition) is 8. The van der Waals surface area contributed by atoms with Crippen LogP contribution in [0.1, 0.15) is 85.5 Å². The number of rotatable bonds is 8. The summed E-state index contributed by atoms with van der Waals surface area (Å²) in [6.45, 7) is 16.2. The van der Waals surface area contributed by atoms with E-state index in [1.165, 1.54) is 16.9 Å². The van der Waals surface area contributed by atoms with E-state index in [0.717, 1.165) is 97.0 Å². The van der Waals surface area contributed by atoms with Gasteiger partial charge in [-0.15, -0.1) is 0 Å². The number of aromatic nitrogens is 4. The maximum Gasteiger partial charge on any atom is 0.264 e. The van der Waals surface area contributed by atoms with Gasteiger partial charge in [0.05, 0.1) is 12.6 Å². The van der Waals surface area contributed by atoms with Crippen molar-refractivity contribution < 1.29 is 18.4 Å². The second-order valence-corrected chi connectivity index (χ2v) is 17.4. The quantitative estimate of drug-likeness (QED) is 0.174. The number of benzene rings is 2. The molecule has 12 nitrogen and oxygen atoms in total. The minimum absolute atomic E-state index is 0.0102. The Labute approximate surface area is 355 Å². The third kappa shape index (κ3) is 6.92. The SMILES string of the molecule is C=C1NC(=O)CCN1c1cccc(N2CC(N3CCC(n4nc(N5CCCc6cc(-c7cc8nccn8cc7CC)c(C(F)F)cc65)c5c4CCN(C(C)=O)C5)CC3)C2)c1C. The largest absolute Gasteiger partial charge is 0.368 e. The van der Waals surface area contributed by atoms with Crippen LogP contribution in [0.4, 0.5) is 31.7 Å². The number of likely N-dealkylation sites (tertiary alicyclic amines) is 1. The number of nitrogens with zero attached hydrogens (tertiary/aromatic N) is 9. The van der Waals surface area contributed by atoms with Crippen LogP contribution in [0.25, 0.3) is 16.8 Å². The molecule has 318 valence electrons. The number of carbonyl (C=O) groups excluding carboxylic acids is 2. The van der Waals surface area contributed by atoms with E-state index in [-0.39, 0.29) is 23.4 Å². The van der Waals surface area contributed by atoms with E-state index < -0.39 is 6.43 Å². The highest BCUT2D eigenvalue weighted by Gasteiger charge is 2.38. The smallest absolute Gasteiger partial charge is 0.264 e. The number of carbonyl (C=O) groups is 2. The van der Waals surface area contributed by atoms with Crippen molar-refractivity contribution in [3.8, 4) is 11.1 Å². The van der Waals surface area contributed by atoms with Gasteiger partial charge in [-0.05, 0) is 97.2 Å². The van der Waals surface area contributed by atoms with Crippen molar-refractivity contribution in [1.82, 2.24) is 34.3 Å². The fraction of sp³-hybridized carbons (Fsp3) is 0.447. The Morgan fingerprint density at radius 2 is 1.75 bits per heavy atom. The van der Waals surface area contributed by atoms with Gasteiger partial charge >= 0.3 is 0 Å². The molecule has 61 heavy (non-hydrogen) atoms. The summed E-state index contributed by atoms with van der Waals surface area (Å²) >= 11 is 0. The van der Waals surface area contributed by atoms with Crippen LogP contribution in [-0.4, -0.2) is 92.6 Å². The number of piperidine rings is 1. The molecule has 1 N–H and O–H groups in total. The van der Waals surface area contributed by atoms with Gasteiger partial charge in [-0.1, -0.05) is 19.6 Å². The van der Waals surface area contributed by atoms with Gasteiger partial charge in [0.2, 0.25) is 11.8 Å². The average Bonchev–Trinajstić information content (AvgIpc) is 3.87. The van der Waals surface area contributed by atoms with E-state index in [1.54, 1.807) is 19.2 Å². The fourth-order valence-electron chi connectivity index (χ4n) is 10.6. The number of hydrogen-bond donors (Lipinski definition) is 1. The number of nitrogens with one attached hydrogen (secondary N) is 1. The zero-order valence-electron chi connectivity index (χ0n) is 35.3. The molecular weight excluding hydrogens is 775 g/mol. The summed E-state index contributed by atoms with van der Waals surface area (Å²) in [5.74, 6) is 1.47. The van der Waals surface area contributed by atoms with Crippen LogP contribution in [0.15, 0.2) is 67.4 Å². The molecule has 0 unspecified atom stereocenters. The van der Waals surface area contributed by atoms with Crippen LogP contribution < -0.4 is 20.0 Å². The number of imidazole rings is 1. The number of pyridine rings is 1. The van der Waals surface area contributed by atoms with E-state index in [0.29, 0.717) is 62.9 Å². The third-order valence-electron chi connectivity index (χ3n) is 14.0. The molecule has 8 heterocycles. The molecule has 5 aliphatic rings. The predicted octanol–water partition coefficient (Wildman–Crippen LogP) is 7.32. The Morgan fingerprint density at radius 3 is 2.51 bits per heavy atom. The molecule has 0 radical (unpaired) electrons. The van der Waals surface area contributed by atoms with Crippen molar-refractivity contribution in [2.75, 3.05) is 60.5 Å². The Bertz CT molecular complexity index is 2550. The van der Waals surface area contributed by atoms with E-state index in [1.807, 2.05) is 33.8 Å². The summed E-state index contributed by atoms with van der Waals surface area (Å²) in [7, 11) is 0. The normalized spacial score (nSPS) is 19.1. The van der Waals surface area contributed by atoms with Gasteiger partial charge in [-0.2, -0.15) is 5.10 Å². The topological polar surface area (TPSA) is 97.5 Å². The molecule has 0 aliphatic carbocycles. The zero-order chi connectivity index (χ0) is 42.1. The number of anilines is 4. The summed E-state index contributed by atoms with van der Waals surface area (Å²) in [6.07, 6.45) is 8.41. The van der Waals surface area contributed by atoms with Crippen molar-refractivity contribution in [2.24, 2.45) is 0 Å². The van der Waals surface area contributed by atoms with Crippen molar-refractivity contribution in [3.63, 3.8) is 0 Å². The van der Waals surface area contributed by atoms with E-state index in [9.17, 15) is 9.59 Å². The van der Waals surface area contributed by atoms with Crippen molar-refractivity contribution in [2.45, 2.75) is 90.8 Å². The standard InChI is InChI=1S/C47H54F2N10O2/c1-5-32-25-55-21-15-50-44(55)24-36(32)37-22-33-8-7-16-58(43(33)23-38(37)46(48)49)47-39-28-54(31(4)60)19-13-42(39)59(52-47)34-11-17-53(18-12-34)35-26-56(27-35)40-9-6-10-41(29(40)2)57-20-14-45(61)51-30(57)3/h6,9-10,15,21-25,34-35,46H,3,5,7-8,11-14,16-20,26-28H2,1-2,4H3,(H,51,61). The average molecular weight is 829 g/mol. The van der Waals surface area contributed by atoms with Crippen LogP contribution in [0.5, 0.6) is 0 Å². The van der Waals surface area contributed by atoms with Crippen LogP contribution >= 0.6 is 0 Å². The molecule has 3 fully saturated rings. The molecule has 0 saturated carbocycles. The molecule has 14 heteroatoms. The Hall–Kier alpha value is -5.76. The highest BCUT2D eigenvalue weighted by atomic mass is 19.3. The molecule has 5 aromatic rings. The van der Waals surface area contributed by atoms with E-state index in [2.05, 4.69) is 73.2 Å². The summed E-state index contributed by atoms with van der Waals surface area (Å²) in [5, 5.41) is 8.29. The van der Waals surface area contributed by atoms with Crippen molar-refractivity contribution in [1.29, 1.82) is 0 Å². The van der Waals surface area contributed by atoms with Crippen molar-refractivity contribution >= 4 is 40.3 Å². The summed E-state index contributed by atoms with van der Waals surface area (Å²) < 4.78 is 34.6. The number of fused-ring (bicyclic) bond motifs is 3. The summed E-state index contributed by atoms with van der Waals surface area (Å²) in [5.41, 5.74) is 10.7. The fourth-order valence-corrected chi connectivity index (χ4v) is 10.6. The highest BCUT2D eigenvalue weighted by Crippen LogP contribution is 2.45. The van der Waals surface area contributed by atoms with Crippen LogP contribution in [0.2, 0.25) is 0 Å². The molecule has 0 atom stereocenters. The first-order valence-corrected chi connectivity index (χ1v) is 21.9. The lowest BCUT2D eigenvalue weighted by Crippen LogP contribution is -2.61. The molecular formula is C47H54F2N10O2. The van der Waals surface area contributed by atoms with E-state index >= 15 is 8.78 Å². The highest BCUT2D eigenvalue weighted by molar-refractivity contribution is 5.83. The molecule has 2 aromatic carbocycles. The first-order chi connectivity index (χ1) is 29.6. The Kier molecular flexibility index (Phi) is 10.1. The molecule has 3 saturated heterocycles. The maximum atomic E-state index is 15.2. The number of amides is 2. The number of aryl methyl sites for hydroxylation is 2. The zero-order valence-corrected chi connectivity index (χ0v) is 35.3. The van der Waals surface area contributed by atoms with Crippen LogP contribution in [0.3, 0.4) is 0 Å². The minimum atomic E-state index is -2.67. The second kappa shape index (κ2) is 15.6. The van der Waals surface area contributed by atoms with E-state index in [4.69, 9.17) is 5.10 Å². The van der Waals surface area contributed by atoms with Crippen molar-refractivity contribution in [3.05, 3.63) is 101 Å². The molecule has 0 spiro atoms. The lowest BCUT2D eigenvalue weighted by atomic mass is 9.90. The molecule has 5 aliphatic heterocycles. The van der Waals surface area contributed by atoms with Gasteiger partial charge in [-0.3, -0.25) is 19.2 Å². The van der Waals surface area contributed by atoms with Crippen LogP contribution in [-0.2, 0) is 35.4 Å². The van der Waals surface area contributed by atoms with Gasteiger partial charge in [0.25, 0.3) is 6.43 Å².